The van der Waals surface area contributed by atoms with E-state index in [9.17, 15) is 9.90 Å². The van der Waals surface area contributed by atoms with Crippen molar-refractivity contribution >= 4 is 5.91 Å². The zero-order valence-electron chi connectivity index (χ0n) is 8.88. The van der Waals surface area contributed by atoms with Crippen molar-refractivity contribution in [3.05, 3.63) is 0 Å². The van der Waals surface area contributed by atoms with Gasteiger partial charge in [0, 0.05) is 33.2 Å². The maximum atomic E-state index is 10.5. The highest BCUT2D eigenvalue weighted by molar-refractivity contribution is 5.72. The van der Waals surface area contributed by atoms with E-state index >= 15 is 0 Å². The second-order valence-electron chi connectivity index (χ2n) is 3.00. The van der Waals surface area contributed by atoms with E-state index in [2.05, 4.69) is 10.6 Å². The minimum absolute atomic E-state index is 0.0401. The van der Waals surface area contributed by atoms with E-state index in [1.54, 1.807) is 0 Å². The van der Waals surface area contributed by atoms with Gasteiger partial charge >= 0.3 is 0 Å². The van der Waals surface area contributed by atoms with Crippen molar-refractivity contribution in [1.82, 2.24) is 10.6 Å². The maximum Gasteiger partial charge on any atom is 0.216 e. The molecule has 84 valence electrons. The van der Waals surface area contributed by atoms with Gasteiger partial charge < -0.3 is 20.5 Å². The first-order valence-electron chi connectivity index (χ1n) is 4.87. The molecule has 0 radical (unpaired) electrons. The first-order chi connectivity index (χ1) is 6.66. The topological polar surface area (TPSA) is 70.6 Å². The Kier molecular flexibility index (Phi) is 8.51. The van der Waals surface area contributed by atoms with Crippen LogP contribution < -0.4 is 10.6 Å². The Morgan fingerprint density at radius 3 is 2.79 bits per heavy atom. The van der Waals surface area contributed by atoms with Gasteiger partial charge in [-0.05, 0) is 6.92 Å². The highest BCUT2D eigenvalue weighted by Crippen LogP contribution is 1.82. The van der Waals surface area contributed by atoms with Crippen LogP contribution in [0, 0.1) is 0 Å². The molecule has 3 N–H and O–H groups in total. The monoisotopic (exact) mass is 204 g/mol. The Labute approximate surface area is 84.8 Å². The molecule has 0 heterocycles. The lowest BCUT2D eigenvalue weighted by atomic mass is 10.4. The van der Waals surface area contributed by atoms with Crippen LogP contribution >= 0.6 is 0 Å². The van der Waals surface area contributed by atoms with Crippen molar-refractivity contribution in [3.63, 3.8) is 0 Å². The third-order valence-electron chi connectivity index (χ3n) is 1.57. The van der Waals surface area contributed by atoms with Gasteiger partial charge in [-0.15, -0.1) is 0 Å². The van der Waals surface area contributed by atoms with Gasteiger partial charge in [-0.25, -0.2) is 0 Å². The van der Waals surface area contributed by atoms with E-state index in [0.717, 1.165) is 0 Å². The van der Waals surface area contributed by atoms with Crippen LogP contribution in [0.15, 0.2) is 0 Å². The third kappa shape index (κ3) is 9.44. The second kappa shape index (κ2) is 8.93. The number of amides is 1. The molecular formula is C9H20N2O3. The van der Waals surface area contributed by atoms with Crippen molar-refractivity contribution in [1.29, 1.82) is 0 Å². The summed E-state index contributed by atoms with van der Waals surface area (Å²) in [5, 5.41) is 15.0. The summed E-state index contributed by atoms with van der Waals surface area (Å²) in [5.74, 6) is -0.0401. The molecule has 0 aliphatic carbocycles. The fraction of sp³-hybridized carbons (Fsp3) is 0.889. The summed E-state index contributed by atoms with van der Waals surface area (Å²) in [6.07, 6.45) is -0.479. The maximum absolute atomic E-state index is 10.5. The van der Waals surface area contributed by atoms with Crippen molar-refractivity contribution in [2.45, 2.75) is 20.0 Å². The third-order valence-corrected chi connectivity index (χ3v) is 1.57. The van der Waals surface area contributed by atoms with E-state index < -0.39 is 6.10 Å². The fourth-order valence-corrected chi connectivity index (χ4v) is 0.908. The molecular weight excluding hydrogens is 184 g/mol. The number of carbonyl (C=O) groups is 1. The molecule has 0 aliphatic rings. The molecule has 0 aliphatic heterocycles. The van der Waals surface area contributed by atoms with Crippen LogP contribution in [0.4, 0.5) is 0 Å². The van der Waals surface area contributed by atoms with Crippen LogP contribution in [0.1, 0.15) is 13.8 Å². The molecule has 0 bridgehead atoms. The zero-order valence-corrected chi connectivity index (χ0v) is 8.88. The van der Waals surface area contributed by atoms with Crippen molar-refractivity contribution in [2.24, 2.45) is 0 Å². The largest absolute Gasteiger partial charge is 0.389 e. The highest BCUT2D eigenvalue weighted by atomic mass is 16.5. The molecule has 14 heavy (non-hydrogen) atoms. The molecule has 0 aromatic heterocycles. The van der Waals surface area contributed by atoms with Crippen molar-refractivity contribution < 1.29 is 14.6 Å². The predicted molar refractivity (Wildman–Crippen MR) is 54.1 cm³/mol. The lowest BCUT2D eigenvalue weighted by Gasteiger charge is -2.11. The Balaban J connectivity index is 3.14. The summed E-state index contributed by atoms with van der Waals surface area (Å²) < 4.78 is 5.03. The summed E-state index contributed by atoms with van der Waals surface area (Å²) in [6.45, 7) is 6.05. The predicted octanol–water partition coefficient (Wildman–Crippen LogP) is -0.890. The quantitative estimate of drug-likeness (QED) is 0.449. The number of hydrogen-bond donors (Lipinski definition) is 3. The molecule has 5 heteroatoms. The average Bonchev–Trinajstić information content (AvgIpc) is 2.13. The number of ether oxygens (including phenoxy) is 1. The normalized spacial score (nSPS) is 12.5. The number of nitrogens with one attached hydrogen (secondary N) is 2. The summed E-state index contributed by atoms with van der Waals surface area (Å²) in [4.78, 5) is 10.5. The lowest BCUT2D eigenvalue weighted by Crippen LogP contribution is -2.35. The van der Waals surface area contributed by atoms with Crippen molar-refractivity contribution in [2.75, 3.05) is 32.8 Å². The fourth-order valence-electron chi connectivity index (χ4n) is 0.908. The van der Waals surface area contributed by atoms with Crippen LogP contribution in [0.2, 0.25) is 0 Å². The minimum Gasteiger partial charge on any atom is -0.389 e. The average molecular weight is 204 g/mol. The number of rotatable bonds is 8. The van der Waals surface area contributed by atoms with Gasteiger partial charge in [0.15, 0.2) is 0 Å². The molecule has 0 saturated carbocycles. The molecule has 0 rings (SSSR count). The van der Waals surface area contributed by atoms with Gasteiger partial charge in [0.05, 0.1) is 12.7 Å². The van der Waals surface area contributed by atoms with Crippen LogP contribution in [-0.2, 0) is 9.53 Å². The first kappa shape index (κ1) is 13.4. The van der Waals surface area contributed by atoms with Crippen LogP contribution in [0.25, 0.3) is 0 Å². The number of carbonyl (C=O) groups excluding carboxylic acids is 1. The zero-order chi connectivity index (χ0) is 10.8. The Morgan fingerprint density at radius 2 is 2.21 bits per heavy atom. The summed E-state index contributed by atoms with van der Waals surface area (Å²) >= 11 is 0. The molecule has 1 amide bonds. The number of aliphatic hydroxyl groups is 1. The number of hydrogen-bond acceptors (Lipinski definition) is 4. The smallest absolute Gasteiger partial charge is 0.216 e. The van der Waals surface area contributed by atoms with Gasteiger partial charge in [-0.3, -0.25) is 4.79 Å². The number of aliphatic hydroxyl groups excluding tert-OH is 1. The van der Waals surface area contributed by atoms with E-state index in [1.807, 2.05) is 6.92 Å². The molecule has 1 unspecified atom stereocenters. The standard InChI is InChI=1S/C9H20N2O3/c1-3-14-7-9(13)6-10-4-5-11-8(2)12/h9-10,13H,3-7H2,1-2H3,(H,11,12). The van der Waals surface area contributed by atoms with Gasteiger partial charge in [0.25, 0.3) is 0 Å². The molecule has 0 spiro atoms. The van der Waals surface area contributed by atoms with Crippen LogP contribution in [0.3, 0.4) is 0 Å². The molecule has 0 fully saturated rings. The Morgan fingerprint density at radius 1 is 1.50 bits per heavy atom. The lowest BCUT2D eigenvalue weighted by molar-refractivity contribution is -0.118. The van der Waals surface area contributed by atoms with E-state index in [4.69, 9.17) is 4.74 Å². The van der Waals surface area contributed by atoms with Crippen LogP contribution in [-0.4, -0.2) is 50.0 Å². The van der Waals surface area contributed by atoms with Gasteiger partial charge in [0.1, 0.15) is 0 Å². The summed E-state index contributed by atoms with van der Waals surface area (Å²) in [5.41, 5.74) is 0. The van der Waals surface area contributed by atoms with Gasteiger partial charge in [0.2, 0.25) is 5.91 Å². The SMILES string of the molecule is CCOCC(O)CNCCNC(C)=O. The molecule has 0 saturated heterocycles. The second-order valence-corrected chi connectivity index (χ2v) is 3.00. The molecule has 1 atom stereocenters. The first-order valence-corrected chi connectivity index (χ1v) is 4.87. The minimum atomic E-state index is -0.479. The van der Waals surface area contributed by atoms with Crippen LogP contribution in [0.5, 0.6) is 0 Å². The van der Waals surface area contributed by atoms with E-state index in [1.165, 1.54) is 6.92 Å². The molecule has 5 nitrogen and oxygen atoms in total. The van der Waals surface area contributed by atoms with Gasteiger partial charge in [-0.2, -0.15) is 0 Å². The Hall–Kier alpha value is -0.650. The Bertz CT molecular complexity index is 153. The van der Waals surface area contributed by atoms with E-state index in [-0.39, 0.29) is 5.91 Å². The van der Waals surface area contributed by atoms with Crippen molar-refractivity contribution in [3.8, 4) is 0 Å². The molecule has 0 aromatic rings. The van der Waals surface area contributed by atoms with E-state index in [0.29, 0.717) is 32.8 Å². The highest BCUT2D eigenvalue weighted by Gasteiger charge is 2.01. The summed E-state index contributed by atoms with van der Waals surface area (Å²) in [6, 6.07) is 0. The summed E-state index contributed by atoms with van der Waals surface area (Å²) in [7, 11) is 0. The van der Waals surface area contributed by atoms with Gasteiger partial charge in [-0.1, -0.05) is 0 Å². The molecule has 0 aromatic carbocycles.